The fourth-order valence-corrected chi connectivity index (χ4v) is 5.16. The van der Waals surface area contributed by atoms with Crippen molar-refractivity contribution in [3.8, 4) is 0 Å². The first-order chi connectivity index (χ1) is 12.2. The molecular formula is C17H27N3O4S2. The minimum atomic E-state index is -3.53. The number of nitrogens with one attached hydrogen (secondary N) is 1. The van der Waals surface area contributed by atoms with Crippen LogP contribution in [0.2, 0.25) is 0 Å². The summed E-state index contributed by atoms with van der Waals surface area (Å²) in [6, 6.07) is 5.95. The Hall–Kier alpha value is -1.45. The molecule has 2 rings (SSSR count). The van der Waals surface area contributed by atoms with Crippen LogP contribution in [0.4, 0.5) is 4.79 Å². The minimum Gasteiger partial charge on any atom is -0.337 e. The lowest BCUT2D eigenvalue weighted by Gasteiger charge is -2.32. The number of carbonyl (C=O) groups is 1. The normalized spacial score (nSPS) is 19.4. The second-order valence-electron chi connectivity index (χ2n) is 6.72. The van der Waals surface area contributed by atoms with Gasteiger partial charge in [0.25, 0.3) is 0 Å². The molecule has 7 nitrogen and oxygen atoms in total. The number of sulfone groups is 1. The standard InChI is InChI=1S/C17H27N3O4S2/c1-19(2)12-10-18-17(21)20-11-4-5-16(13-20)26(23,24)15-8-6-14(7-9-15)25(3)22/h6-9,16H,4-5,10-13H2,1-3H3,(H,18,21). The van der Waals surface area contributed by atoms with Crippen LogP contribution in [0.15, 0.2) is 34.1 Å². The van der Waals surface area contributed by atoms with Crippen molar-refractivity contribution in [2.24, 2.45) is 0 Å². The van der Waals surface area contributed by atoms with Crippen LogP contribution in [0.25, 0.3) is 0 Å². The molecule has 1 aliphatic heterocycles. The molecule has 1 saturated heterocycles. The molecule has 0 saturated carbocycles. The summed E-state index contributed by atoms with van der Waals surface area (Å²) in [5.41, 5.74) is 0. The van der Waals surface area contributed by atoms with Crippen LogP contribution in [0.3, 0.4) is 0 Å². The highest BCUT2D eigenvalue weighted by atomic mass is 32.2. The number of amides is 2. The topological polar surface area (TPSA) is 86.8 Å². The Labute approximate surface area is 158 Å². The molecule has 0 spiro atoms. The van der Waals surface area contributed by atoms with Gasteiger partial charge in [0.1, 0.15) is 0 Å². The highest BCUT2D eigenvalue weighted by molar-refractivity contribution is 7.92. The highest BCUT2D eigenvalue weighted by Crippen LogP contribution is 2.24. The lowest BCUT2D eigenvalue weighted by atomic mass is 10.1. The van der Waals surface area contributed by atoms with E-state index in [0.29, 0.717) is 30.8 Å². The lowest BCUT2D eigenvalue weighted by Crippen LogP contribution is -2.49. The Bertz CT molecular complexity index is 748. The molecule has 2 unspecified atom stereocenters. The molecule has 146 valence electrons. The number of nitrogens with zero attached hydrogens (tertiary/aromatic N) is 2. The third-order valence-electron chi connectivity index (χ3n) is 4.42. The number of hydrogen-bond acceptors (Lipinski definition) is 5. The molecule has 1 aromatic rings. The van der Waals surface area contributed by atoms with E-state index in [2.05, 4.69) is 5.32 Å². The summed E-state index contributed by atoms with van der Waals surface area (Å²) in [6.07, 6.45) is 2.74. The molecule has 0 aromatic heterocycles. The van der Waals surface area contributed by atoms with Gasteiger partial charge in [0.05, 0.1) is 10.1 Å². The van der Waals surface area contributed by atoms with E-state index in [-0.39, 0.29) is 17.5 Å². The Balaban J connectivity index is 2.05. The molecule has 26 heavy (non-hydrogen) atoms. The summed E-state index contributed by atoms with van der Waals surface area (Å²) in [5, 5.41) is 2.22. The molecule has 1 heterocycles. The number of carbonyl (C=O) groups excluding carboxylic acids is 1. The third kappa shape index (κ3) is 5.28. The molecule has 2 atom stereocenters. The highest BCUT2D eigenvalue weighted by Gasteiger charge is 2.33. The van der Waals surface area contributed by atoms with E-state index in [4.69, 9.17) is 0 Å². The fraction of sp³-hybridized carbons (Fsp3) is 0.588. The maximum atomic E-state index is 12.9. The van der Waals surface area contributed by atoms with Gasteiger partial charge >= 0.3 is 6.03 Å². The molecule has 1 aromatic carbocycles. The summed E-state index contributed by atoms with van der Waals surface area (Å²) >= 11 is 0. The zero-order valence-electron chi connectivity index (χ0n) is 15.5. The number of rotatable bonds is 6. The second kappa shape index (κ2) is 8.96. The van der Waals surface area contributed by atoms with E-state index in [1.165, 1.54) is 12.1 Å². The van der Waals surface area contributed by atoms with E-state index in [1.54, 1.807) is 23.3 Å². The van der Waals surface area contributed by atoms with Crippen molar-refractivity contribution >= 4 is 26.7 Å². The third-order valence-corrected chi connectivity index (χ3v) is 7.55. The first-order valence-corrected chi connectivity index (χ1v) is 11.7. The van der Waals surface area contributed by atoms with Crippen LogP contribution in [-0.2, 0) is 20.6 Å². The predicted molar refractivity (Wildman–Crippen MR) is 103 cm³/mol. The van der Waals surface area contributed by atoms with Gasteiger partial charge in [0.15, 0.2) is 9.84 Å². The summed E-state index contributed by atoms with van der Waals surface area (Å²) in [4.78, 5) is 16.6. The number of likely N-dealkylation sites (tertiary alicyclic amines) is 1. The van der Waals surface area contributed by atoms with Crippen LogP contribution in [-0.4, -0.2) is 80.2 Å². The Morgan fingerprint density at radius 2 is 1.96 bits per heavy atom. The fourth-order valence-electron chi connectivity index (χ4n) is 2.89. The Morgan fingerprint density at radius 1 is 1.31 bits per heavy atom. The number of benzene rings is 1. The van der Waals surface area contributed by atoms with Crippen molar-refractivity contribution in [3.63, 3.8) is 0 Å². The maximum Gasteiger partial charge on any atom is 0.317 e. The van der Waals surface area contributed by atoms with E-state index >= 15 is 0 Å². The van der Waals surface area contributed by atoms with Gasteiger partial charge in [0, 0.05) is 48.1 Å². The van der Waals surface area contributed by atoms with Gasteiger partial charge in [-0.3, -0.25) is 4.21 Å². The Morgan fingerprint density at radius 3 is 2.54 bits per heavy atom. The van der Waals surface area contributed by atoms with Gasteiger partial charge < -0.3 is 15.1 Å². The molecule has 0 bridgehead atoms. The molecule has 0 aliphatic carbocycles. The molecule has 1 aliphatic rings. The second-order valence-corrected chi connectivity index (χ2v) is 10.3. The van der Waals surface area contributed by atoms with E-state index in [1.807, 2.05) is 19.0 Å². The van der Waals surface area contributed by atoms with Crippen molar-refractivity contribution < 1.29 is 17.4 Å². The van der Waals surface area contributed by atoms with Crippen molar-refractivity contribution in [2.75, 3.05) is 46.5 Å². The largest absolute Gasteiger partial charge is 0.337 e. The van der Waals surface area contributed by atoms with Crippen molar-refractivity contribution in [3.05, 3.63) is 24.3 Å². The summed E-state index contributed by atoms with van der Waals surface area (Å²) in [6.45, 7) is 2.01. The monoisotopic (exact) mass is 401 g/mol. The van der Waals surface area contributed by atoms with Crippen molar-refractivity contribution in [1.82, 2.24) is 15.1 Å². The van der Waals surface area contributed by atoms with Crippen molar-refractivity contribution in [2.45, 2.75) is 27.9 Å². The van der Waals surface area contributed by atoms with Gasteiger partial charge in [-0.15, -0.1) is 0 Å². The van der Waals surface area contributed by atoms with Crippen LogP contribution < -0.4 is 5.32 Å². The van der Waals surface area contributed by atoms with E-state index in [0.717, 1.165) is 6.54 Å². The summed E-state index contributed by atoms with van der Waals surface area (Å²) < 4.78 is 37.3. The molecule has 0 radical (unpaired) electrons. The molecule has 2 amide bonds. The van der Waals surface area contributed by atoms with Crippen LogP contribution >= 0.6 is 0 Å². The first-order valence-electron chi connectivity index (χ1n) is 8.56. The van der Waals surface area contributed by atoms with Crippen LogP contribution in [0, 0.1) is 0 Å². The molecule has 1 fully saturated rings. The minimum absolute atomic E-state index is 0.192. The molecule has 9 heteroatoms. The Kier molecular flexibility index (Phi) is 7.19. The summed E-state index contributed by atoms with van der Waals surface area (Å²) in [5.74, 6) is 0. The quantitative estimate of drug-likeness (QED) is 0.766. The van der Waals surface area contributed by atoms with Gasteiger partial charge in [-0.05, 0) is 51.2 Å². The number of piperidine rings is 1. The zero-order chi connectivity index (χ0) is 19.3. The van der Waals surface area contributed by atoms with E-state index in [9.17, 15) is 17.4 Å². The molecular weight excluding hydrogens is 374 g/mol. The van der Waals surface area contributed by atoms with Gasteiger partial charge in [0.2, 0.25) is 0 Å². The summed E-state index contributed by atoms with van der Waals surface area (Å²) in [7, 11) is -0.829. The van der Waals surface area contributed by atoms with E-state index < -0.39 is 25.9 Å². The van der Waals surface area contributed by atoms with Crippen LogP contribution in [0.1, 0.15) is 12.8 Å². The SMILES string of the molecule is CN(C)CCNC(=O)N1CCCC(S(=O)(=O)c2ccc(S(C)=O)cc2)C1. The van der Waals surface area contributed by atoms with Gasteiger partial charge in [-0.25, -0.2) is 13.2 Å². The lowest BCUT2D eigenvalue weighted by molar-refractivity contribution is 0.186. The average molecular weight is 402 g/mol. The van der Waals surface area contributed by atoms with Gasteiger partial charge in [-0.2, -0.15) is 0 Å². The average Bonchev–Trinajstić information content (AvgIpc) is 2.61. The number of likely N-dealkylation sites (N-methyl/N-ethyl adjacent to an activating group) is 1. The molecule has 1 N–H and O–H groups in total. The predicted octanol–water partition coefficient (Wildman–Crippen LogP) is 0.933. The maximum absolute atomic E-state index is 12.9. The first kappa shape index (κ1) is 20.9. The smallest absolute Gasteiger partial charge is 0.317 e. The van der Waals surface area contributed by atoms with Crippen LogP contribution in [0.5, 0.6) is 0 Å². The van der Waals surface area contributed by atoms with Gasteiger partial charge in [-0.1, -0.05) is 0 Å². The number of urea groups is 1. The number of hydrogen-bond donors (Lipinski definition) is 1. The zero-order valence-corrected chi connectivity index (χ0v) is 17.1. The van der Waals surface area contributed by atoms with Crippen molar-refractivity contribution in [1.29, 1.82) is 0 Å².